The van der Waals surface area contributed by atoms with Crippen molar-refractivity contribution in [1.82, 2.24) is 4.98 Å². The van der Waals surface area contributed by atoms with Gasteiger partial charge in [0.05, 0.1) is 12.7 Å². The average molecular weight is 211 g/mol. The molecule has 0 spiro atoms. The Balaban J connectivity index is 0.000000921. The summed E-state index contributed by atoms with van der Waals surface area (Å²) in [4.78, 5) is 22.5. The van der Waals surface area contributed by atoms with E-state index in [4.69, 9.17) is 9.53 Å². The van der Waals surface area contributed by atoms with E-state index in [9.17, 15) is 4.79 Å². The summed E-state index contributed by atoms with van der Waals surface area (Å²) in [7, 11) is 1.40. The molecular formula is C11H17NO3. The first-order valence-corrected chi connectivity index (χ1v) is 4.67. The highest BCUT2D eigenvalue weighted by atomic mass is 16.5. The number of aryl methyl sites for hydroxylation is 2. The summed E-state index contributed by atoms with van der Waals surface area (Å²) in [5.74, 6) is -0.258. The van der Waals surface area contributed by atoms with Crippen molar-refractivity contribution in [3.63, 3.8) is 0 Å². The van der Waals surface area contributed by atoms with Crippen LogP contribution in [-0.2, 0) is 16.0 Å². The minimum atomic E-state index is -0.258. The van der Waals surface area contributed by atoms with E-state index in [1.165, 1.54) is 7.11 Å². The number of carbonyl (C=O) groups excluding carboxylic acids is 2. The van der Waals surface area contributed by atoms with Crippen molar-refractivity contribution in [1.29, 1.82) is 0 Å². The SMILES string of the molecule is C=O.CCc1[nH]c(C)c(C(=O)OC)c1C. The van der Waals surface area contributed by atoms with Crippen molar-refractivity contribution in [2.75, 3.05) is 7.11 Å². The van der Waals surface area contributed by atoms with E-state index < -0.39 is 0 Å². The van der Waals surface area contributed by atoms with E-state index >= 15 is 0 Å². The second-order valence-corrected chi connectivity index (χ2v) is 3.07. The highest BCUT2D eigenvalue weighted by molar-refractivity contribution is 5.92. The van der Waals surface area contributed by atoms with E-state index in [0.29, 0.717) is 5.56 Å². The molecule has 0 atom stereocenters. The zero-order chi connectivity index (χ0) is 12.0. The third kappa shape index (κ3) is 2.68. The summed E-state index contributed by atoms with van der Waals surface area (Å²) < 4.78 is 4.70. The van der Waals surface area contributed by atoms with Gasteiger partial charge in [0.2, 0.25) is 0 Å². The molecule has 1 aromatic rings. The quantitative estimate of drug-likeness (QED) is 0.759. The Morgan fingerprint density at radius 2 is 1.93 bits per heavy atom. The van der Waals surface area contributed by atoms with Crippen LogP contribution in [-0.4, -0.2) is 24.9 Å². The van der Waals surface area contributed by atoms with E-state index in [0.717, 1.165) is 23.4 Å². The standard InChI is InChI=1S/C10H15NO2.CH2O/c1-5-8-6(2)9(7(3)11-8)10(12)13-4;1-2/h11H,5H2,1-4H3;1H2. The fourth-order valence-corrected chi connectivity index (χ4v) is 1.58. The summed E-state index contributed by atoms with van der Waals surface area (Å²) in [5.41, 5.74) is 3.69. The minimum Gasteiger partial charge on any atom is -0.465 e. The van der Waals surface area contributed by atoms with Crippen LogP contribution in [0.5, 0.6) is 0 Å². The first-order valence-electron chi connectivity index (χ1n) is 4.67. The molecule has 0 fully saturated rings. The van der Waals surface area contributed by atoms with Gasteiger partial charge in [-0.2, -0.15) is 0 Å². The first-order chi connectivity index (χ1) is 7.11. The number of hydrogen-bond donors (Lipinski definition) is 1. The second-order valence-electron chi connectivity index (χ2n) is 3.07. The third-order valence-corrected chi connectivity index (χ3v) is 2.28. The molecule has 0 aliphatic carbocycles. The fraction of sp³-hybridized carbons (Fsp3) is 0.455. The molecule has 1 rings (SSSR count). The Hall–Kier alpha value is -1.58. The van der Waals surface area contributed by atoms with Gasteiger partial charge in [0.25, 0.3) is 0 Å². The minimum absolute atomic E-state index is 0.258. The number of ether oxygens (including phenoxy) is 1. The third-order valence-electron chi connectivity index (χ3n) is 2.28. The summed E-state index contributed by atoms with van der Waals surface area (Å²) >= 11 is 0. The number of carbonyl (C=O) groups is 2. The molecular weight excluding hydrogens is 194 g/mol. The van der Waals surface area contributed by atoms with Crippen molar-refractivity contribution in [3.05, 3.63) is 22.5 Å². The molecule has 0 radical (unpaired) electrons. The molecule has 1 heterocycles. The molecule has 0 unspecified atom stereocenters. The number of aromatic nitrogens is 1. The maximum atomic E-state index is 11.3. The van der Waals surface area contributed by atoms with Crippen LogP contribution >= 0.6 is 0 Å². The first kappa shape index (κ1) is 13.4. The van der Waals surface area contributed by atoms with Crippen LogP contribution in [0.15, 0.2) is 0 Å². The Bertz CT molecular complexity index is 342. The van der Waals surface area contributed by atoms with Crippen molar-refractivity contribution in [2.24, 2.45) is 0 Å². The van der Waals surface area contributed by atoms with E-state index in [-0.39, 0.29) is 5.97 Å². The van der Waals surface area contributed by atoms with Crippen molar-refractivity contribution < 1.29 is 14.3 Å². The predicted octanol–water partition coefficient (Wildman–Crippen LogP) is 1.80. The van der Waals surface area contributed by atoms with Crippen LogP contribution in [0.25, 0.3) is 0 Å². The highest BCUT2D eigenvalue weighted by Gasteiger charge is 2.17. The molecule has 0 aliphatic heterocycles. The highest BCUT2D eigenvalue weighted by Crippen LogP contribution is 2.18. The van der Waals surface area contributed by atoms with Crippen molar-refractivity contribution in [3.8, 4) is 0 Å². The lowest BCUT2D eigenvalue weighted by molar-refractivity contribution is -0.0980. The smallest absolute Gasteiger partial charge is 0.339 e. The summed E-state index contributed by atoms with van der Waals surface area (Å²) in [6.45, 7) is 7.88. The van der Waals surface area contributed by atoms with Crippen LogP contribution < -0.4 is 0 Å². The van der Waals surface area contributed by atoms with Crippen molar-refractivity contribution >= 4 is 12.8 Å². The van der Waals surface area contributed by atoms with Crippen LogP contribution in [0, 0.1) is 13.8 Å². The molecule has 0 bridgehead atoms. The topological polar surface area (TPSA) is 59.2 Å². The zero-order valence-corrected chi connectivity index (χ0v) is 9.64. The Kier molecular flexibility index (Phi) is 5.37. The molecule has 15 heavy (non-hydrogen) atoms. The molecule has 84 valence electrons. The van der Waals surface area contributed by atoms with Crippen molar-refractivity contribution in [2.45, 2.75) is 27.2 Å². The van der Waals surface area contributed by atoms with Crippen LogP contribution in [0.1, 0.15) is 34.2 Å². The summed E-state index contributed by atoms with van der Waals surface area (Å²) in [6.07, 6.45) is 0.906. The molecule has 0 saturated carbocycles. The van der Waals surface area contributed by atoms with Crippen LogP contribution in [0.2, 0.25) is 0 Å². The molecule has 0 aliphatic rings. The summed E-state index contributed by atoms with van der Waals surface area (Å²) in [5, 5.41) is 0. The second kappa shape index (κ2) is 6.01. The van der Waals surface area contributed by atoms with Gasteiger partial charge >= 0.3 is 5.97 Å². The lowest BCUT2D eigenvalue weighted by Crippen LogP contribution is -2.03. The van der Waals surface area contributed by atoms with Gasteiger partial charge in [0.1, 0.15) is 6.79 Å². The number of hydrogen-bond acceptors (Lipinski definition) is 3. The van der Waals surface area contributed by atoms with E-state index in [2.05, 4.69) is 11.9 Å². The lowest BCUT2D eigenvalue weighted by atomic mass is 10.1. The number of esters is 1. The van der Waals surface area contributed by atoms with Gasteiger partial charge in [-0.1, -0.05) is 6.92 Å². The lowest BCUT2D eigenvalue weighted by Gasteiger charge is -1.99. The monoisotopic (exact) mass is 211 g/mol. The molecule has 4 nitrogen and oxygen atoms in total. The maximum Gasteiger partial charge on any atom is 0.339 e. The number of H-pyrrole nitrogens is 1. The predicted molar refractivity (Wildman–Crippen MR) is 58.1 cm³/mol. The number of methoxy groups -OCH3 is 1. The van der Waals surface area contributed by atoms with Crippen LogP contribution in [0.4, 0.5) is 0 Å². The maximum absolute atomic E-state index is 11.3. The number of aromatic amines is 1. The molecule has 1 N–H and O–H groups in total. The van der Waals surface area contributed by atoms with E-state index in [1.54, 1.807) is 0 Å². The molecule has 0 saturated heterocycles. The fourth-order valence-electron chi connectivity index (χ4n) is 1.58. The average Bonchev–Trinajstić information content (AvgIpc) is 2.55. The van der Waals surface area contributed by atoms with Gasteiger partial charge in [-0.3, -0.25) is 0 Å². The molecule has 0 amide bonds. The summed E-state index contributed by atoms with van der Waals surface area (Å²) in [6, 6.07) is 0. The largest absolute Gasteiger partial charge is 0.465 e. The zero-order valence-electron chi connectivity index (χ0n) is 9.64. The van der Waals surface area contributed by atoms with Gasteiger partial charge in [-0.05, 0) is 25.8 Å². The van der Waals surface area contributed by atoms with Gasteiger partial charge in [0.15, 0.2) is 0 Å². The normalized spacial score (nSPS) is 9.07. The van der Waals surface area contributed by atoms with Gasteiger partial charge < -0.3 is 14.5 Å². The van der Waals surface area contributed by atoms with Gasteiger partial charge in [-0.15, -0.1) is 0 Å². The number of nitrogens with one attached hydrogen (secondary N) is 1. The Morgan fingerprint density at radius 1 is 1.40 bits per heavy atom. The van der Waals surface area contributed by atoms with Crippen LogP contribution in [0.3, 0.4) is 0 Å². The Labute approximate surface area is 89.6 Å². The molecule has 4 heteroatoms. The molecule has 1 aromatic heterocycles. The van der Waals surface area contributed by atoms with Gasteiger partial charge in [0, 0.05) is 11.4 Å². The van der Waals surface area contributed by atoms with E-state index in [1.807, 2.05) is 20.6 Å². The Morgan fingerprint density at radius 3 is 2.27 bits per heavy atom. The number of rotatable bonds is 2. The molecule has 0 aromatic carbocycles. The van der Waals surface area contributed by atoms with Gasteiger partial charge in [-0.25, -0.2) is 4.79 Å².